The Morgan fingerprint density at radius 1 is 1.05 bits per heavy atom. The van der Waals surface area contributed by atoms with Crippen LogP contribution in [-0.2, 0) is 0 Å². The highest BCUT2D eigenvalue weighted by Gasteiger charge is 2.32. The summed E-state index contributed by atoms with van der Waals surface area (Å²) < 4.78 is 54.0. The number of carbonyl (C=O) groups is 1. The number of hydrogen-bond donors (Lipinski definition) is 1. The number of rotatable bonds is 3. The molecule has 0 heterocycles. The van der Waals surface area contributed by atoms with Gasteiger partial charge < -0.3 is 10.5 Å². The van der Waals surface area contributed by atoms with E-state index in [0.29, 0.717) is 5.56 Å². The maximum Gasteiger partial charge on any atom is 0.573 e. The molecule has 0 aliphatic heterocycles. The van der Waals surface area contributed by atoms with Crippen LogP contribution in [0.3, 0.4) is 0 Å². The predicted molar refractivity (Wildman–Crippen MR) is 67.0 cm³/mol. The minimum Gasteiger partial charge on any atom is -0.405 e. The molecule has 21 heavy (non-hydrogen) atoms. The Kier molecular flexibility index (Phi) is 3.84. The van der Waals surface area contributed by atoms with E-state index in [1.807, 2.05) is 0 Å². The highest BCUT2D eigenvalue weighted by Crippen LogP contribution is 2.31. The largest absolute Gasteiger partial charge is 0.573 e. The van der Waals surface area contributed by atoms with Crippen LogP contribution < -0.4 is 10.5 Å². The molecule has 0 aliphatic carbocycles. The van der Waals surface area contributed by atoms with Crippen LogP contribution in [0.4, 0.5) is 17.6 Å². The van der Waals surface area contributed by atoms with Crippen molar-refractivity contribution in [3.8, 4) is 16.9 Å². The molecule has 0 bridgehead atoms. The van der Waals surface area contributed by atoms with Crippen molar-refractivity contribution in [1.82, 2.24) is 0 Å². The summed E-state index contributed by atoms with van der Waals surface area (Å²) in [4.78, 5) is 11.1. The van der Waals surface area contributed by atoms with Gasteiger partial charge in [0.05, 0.1) is 5.56 Å². The molecule has 2 rings (SSSR count). The van der Waals surface area contributed by atoms with E-state index in [2.05, 4.69) is 4.74 Å². The van der Waals surface area contributed by atoms with Crippen molar-refractivity contribution in [3.05, 3.63) is 53.8 Å². The Morgan fingerprint density at radius 2 is 1.71 bits per heavy atom. The van der Waals surface area contributed by atoms with Crippen LogP contribution in [0.15, 0.2) is 42.5 Å². The molecule has 0 radical (unpaired) electrons. The highest BCUT2D eigenvalue weighted by atomic mass is 19.4. The van der Waals surface area contributed by atoms with Crippen LogP contribution >= 0.6 is 0 Å². The van der Waals surface area contributed by atoms with Gasteiger partial charge in [-0.05, 0) is 35.4 Å². The topological polar surface area (TPSA) is 52.3 Å². The molecule has 2 aromatic rings. The molecule has 0 saturated carbocycles. The fourth-order valence-electron chi connectivity index (χ4n) is 1.78. The maximum absolute atomic E-state index is 13.1. The Hall–Kier alpha value is -2.57. The lowest BCUT2D eigenvalue weighted by Gasteiger charge is -2.13. The summed E-state index contributed by atoms with van der Waals surface area (Å²) >= 11 is 0. The van der Waals surface area contributed by atoms with Gasteiger partial charge in [0.1, 0.15) is 11.6 Å². The molecule has 3 nitrogen and oxygen atoms in total. The van der Waals surface area contributed by atoms with Crippen molar-refractivity contribution in [2.75, 3.05) is 0 Å². The number of halogens is 4. The second-order valence-corrected chi connectivity index (χ2v) is 4.13. The summed E-state index contributed by atoms with van der Waals surface area (Å²) in [5.41, 5.74) is 5.20. The van der Waals surface area contributed by atoms with Crippen molar-refractivity contribution in [2.45, 2.75) is 6.36 Å². The van der Waals surface area contributed by atoms with Gasteiger partial charge in [0.25, 0.3) is 5.91 Å². The minimum absolute atomic E-state index is 0.263. The third kappa shape index (κ3) is 3.71. The van der Waals surface area contributed by atoms with Crippen LogP contribution in [-0.4, -0.2) is 12.3 Å². The number of nitrogens with two attached hydrogens (primary N) is 1. The van der Waals surface area contributed by atoms with Gasteiger partial charge >= 0.3 is 6.36 Å². The van der Waals surface area contributed by atoms with Crippen LogP contribution in [0.25, 0.3) is 11.1 Å². The molecule has 0 spiro atoms. The zero-order valence-corrected chi connectivity index (χ0v) is 10.4. The van der Waals surface area contributed by atoms with E-state index in [4.69, 9.17) is 5.73 Å². The molecule has 0 saturated heterocycles. The van der Waals surface area contributed by atoms with Crippen LogP contribution in [0.1, 0.15) is 10.4 Å². The molecular formula is C14H9F4NO2. The smallest absolute Gasteiger partial charge is 0.405 e. The van der Waals surface area contributed by atoms with Crippen molar-refractivity contribution in [3.63, 3.8) is 0 Å². The van der Waals surface area contributed by atoms with E-state index in [1.165, 1.54) is 24.3 Å². The van der Waals surface area contributed by atoms with Crippen molar-refractivity contribution in [1.29, 1.82) is 0 Å². The fraction of sp³-hybridized carbons (Fsp3) is 0.0714. The number of ether oxygens (including phenoxy) is 1. The predicted octanol–water partition coefficient (Wildman–Crippen LogP) is 3.49. The quantitative estimate of drug-likeness (QED) is 0.882. The van der Waals surface area contributed by atoms with Gasteiger partial charge in [-0.25, -0.2) is 4.39 Å². The van der Waals surface area contributed by atoms with Gasteiger partial charge in [0, 0.05) is 0 Å². The lowest BCUT2D eigenvalue weighted by molar-refractivity contribution is -0.274. The molecule has 0 atom stereocenters. The first kappa shape index (κ1) is 14.8. The third-order valence-corrected chi connectivity index (χ3v) is 2.63. The molecule has 0 aromatic heterocycles. The SMILES string of the molecule is NC(=O)c1ccc(-c2cccc(F)c2)cc1OC(F)(F)F. The first-order valence-corrected chi connectivity index (χ1v) is 5.72. The molecule has 1 amide bonds. The molecule has 2 aromatic carbocycles. The standard InChI is InChI=1S/C14H9F4NO2/c15-10-3-1-2-8(6-10)9-4-5-11(13(19)20)12(7-9)21-14(16,17)18/h1-7H,(H2,19,20). The van der Waals surface area contributed by atoms with Gasteiger partial charge in [0.2, 0.25) is 0 Å². The van der Waals surface area contributed by atoms with E-state index >= 15 is 0 Å². The van der Waals surface area contributed by atoms with Gasteiger partial charge in [0.15, 0.2) is 0 Å². The summed E-state index contributed by atoms with van der Waals surface area (Å²) in [6, 6.07) is 8.73. The summed E-state index contributed by atoms with van der Waals surface area (Å²) in [6.07, 6.45) is -4.97. The molecular weight excluding hydrogens is 290 g/mol. The molecule has 0 aliphatic rings. The molecule has 2 N–H and O–H groups in total. The monoisotopic (exact) mass is 299 g/mol. The summed E-state index contributed by atoms with van der Waals surface area (Å²) in [6.45, 7) is 0. The van der Waals surface area contributed by atoms with Crippen LogP contribution in [0.2, 0.25) is 0 Å². The van der Waals surface area contributed by atoms with E-state index in [0.717, 1.165) is 18.2 Å². The highest BCUT2D eigenvalue weighted by molar-refractivity contribution is 5.96. The van der Waals surface area contributed by atoms with E-state index in [-0.39, 0.29) is 5.56 Å². The van der Waals surface area contributed by atoms with Gasteiger partial charge in [-0.15, -0.1) is 13.2 Å². The first-order valence-electron chi connectivity index (χ1n) is 5.72. The number of amides is 1. The second kappa shape index (κ2) is 5.43. The Labute approximate surface area is 116 Å². The number of primary amides is 1. The number of carbonyl (C=O) groups excluding carboxylic acids is 1. The Balaban J connectivity index is 2.51. The van der Waals surface area contributed by atoms with Crippen molar-refractivity contribution in [2.24, 2.45) is 5.73 Å². The summed E-state index contributed by atoms with van der Waals surface area (Å²) in [5.74, 6) is -2.32. The zero-order valence-electron chi connectivity index (χ0n) is 10.4. The van der Waals surface area contributed by atoms with Gasteiger partial charge in [-0.2, -0.15) is 0 Å². The zero-order chi connectivity index (χ0) is 15.6. The van der Waals surface area contributed by atoms with Crippen molar-refractivity contribution < 1.29 is 27.1 Å². The minimum atomic E-state index is -4.97. The maximum atomic E-state index is 13.1. The fourth-order valence-corrected chi connectivity index (χ4v) is 1.78. The van der Waals surface area contributed by atoms with E-state index in [9.17, 15) is 22.4 Å². The second-order valence-electron chi connectivity index (χ2n) is 4.13. The summed E-state index contributed by atoms with van der Waals surface area (Å²) in [7, 11) is 0. The molecule has 0 unspecified atom stereocenters. The number of alkyl halides is 3. The molecule has 110 valence electrons. The van der Waals surface area contributed by atoms with Crippen LogP contribution in [0, 0.1) is 5.82 Å². The average Bonchev–Trinajstić information content (AvgIpc) is 2.36. The first-order chi connectivity index (χ1) is 9.76. The normalized spacial score (nSPS) is 11.2. The Morgan fingerprint density at radius 3 is 2.29 bits per heavy atom. The lowest BCUT2D eigenvalue weighted by Crippen LogP contribution is -2.21. The van der Waals surface area contributed by atoms with E-state index < -0.39 is 29.4 Å². The average molecular weight is 299 g/mol. The Bertz CT molecular complexity index is 683. The third-order valence-electron chi connectivity index (χ3n) is 2.63. The van der Waals surface area contributed by atoms with E-state index in [1.54, 1.807) is 0 Å². The molecule has 0 fully saturated rings. The number of benzene rings is 2. The number of hydrogen-bond acceptors (Lipinski definition) is 2. The summed E-state index contributed by atoms with van der Waals surface area (Å²) in [5, 5.41) is 0. The van der Waals surface area contributed by atoms with Crippen molar-refractivity contribution >= 4 is 5.91 Å². The van der Waals surface area contributed by atoms with Crippen LogP contribution in [0.5, 0.6) is 5.75 Å². The molecule has 7 heteroatoms. The van der Waals surface area contributed by atoms with Gasteiger partial charge in [-0.3, -0.25) is 4.79 Å². The lowest BCUT2D eigenvalue weighted by atomic mass is 10.0. The van der Waals surface area contributed by atoms with Gasteiger partial charge in [-0.1, -0.05) is 18.2 Å².